The number of thioether (sulfide) groups is 1. The molecule has 2 aromatic carbocycles. The molecule has 1 aromatic heterocycles. The van der Waals surface area contributed by atoms with Crippen LogP contribution in [0.15, 0.2) is 66.1 Å². The third-order valence-corrected chi connectivity index (χ3v) is 6.42. The lowest BCUT2D eigenvalue weighted by atomic mass is 10.3. The van der Waals surface area contributed by atoms with Gasteiger partial charge in [-0.2, -0.15) is 0 Å². The smallest absolute Gasteiger partial charge is 0.238 e. The Bertz CT molecular complexity index is 1120. The highest BCUT2D eigenvalue weighted by atomic mass is 35.5. The van der Waals surface area contributed by atoms with Gasteiger partial charge < -0.3 is 10.2 Å². The first-order valence-electron chi connectivity index (χ1n) is 10.5. The van der Waals surface area contributed by atoms with Crippen LogP contribution >= 0.6 is 23.4 Å². The fourth-order valence-electron chi connectivity index (χ4n) is 3.53. The second-order valence-electron chi connectivity index (χ2n) is 7.56. The van der Waals surface area contributed by atoms with Crippen molar-refractivity contribution in [1.29, 1.82) is 0 Å². The van der Waals surface area contributed by atoms with Gasteiger partial charge in [-0.1, -0.05) is 29.4 Å². The van der Waals surface area contributed by atoms with Gasteiger partial charge in [0, 0.05) is 55.0 Å². The summed E-state index contributed by atoms with van der Waals surface area (Å²) in [7, 11) is 0. The number of carbonyl (C=O) groups is 2. The normalized spacial score (nSPS) is 14.3. The van der Waals surface area contributed by atoms with Gasteiger partial charge in [0.1, 0.15) is 5.82 Å². The third kappa shape index (κ3) is 6.34. The zero-order valence-electron chi connectivity index (χ0n) is 17.8. The summed E-state index contributed by atoms with van der Waals surface area (Å²) in [4.78, 5) is 33.1. The highest BCUT2D eigenvalue weighted by molar-refractivity contribution is 7.99. The molecule has 0 aliphatic carbocycles. The molecule has 2 amide bonds. The molecular weight excluding hydrogens is 465 g/mol. The van der Waals surface area contributed by atoms with E-state index >= 15 is 0 Å². The Hall–Kier alpha value is -2.88. The highest BCUT2D eigenvalue weighted by Crippen LogP contribution is 2.23. The van der Waals surface area contributed by atoms with Crippen molar-refractivity contribution in [1.82, 2.24) is 19.4 Å². The van der Waals surface area contributed by atoms with E-state index in [0.29, 0.717) is 36.9 Å². The molecule has 10 heteroatoms. The molecule has 0 radical (unpaired) electrons. The fourth-order valence-corrected chi connectivity index (χ4v) is 4.59. The maximum atomic E-state index is 13.0. The number of rotatable bonds is 7. The number of aromatic nitrogens is 2. The first-order valence-corrected chi connectivity index (χ1v) is 11.8. The Morgan fingerprint density at radius 3 is 2.58 bits per heavy atom. The van der Waals surface area contributed by atoms with Crippen LogP contribution in [0.3, 0.4) is 0 Å². The Morgan fingerprint density at radius 2 is 1.85 bits per heavy atom. The second kappa shape index (κ2) is 10.8. The number of nitrogens with one attached hydrogen (secondary N) is 1. The number of halogens is 2. The number of anilines is 1. The fraction of sp³-hybridized carbons (Fsp3) is 0.261. The maximum absolute atomic E-state index is 13.0. The summed E-state index contributed by atoms with van der Waals surface area (Å²) in [5.74, 6) is -0.191. The van der Waals surface area contributed by atoms with Crippen LogP contribution in [0.2, 0.25) is 5.02 Å². The van der Waals surface area contributed by atoms with E-state index < -0.39 is 0 Å². The van der Waals surface area contributed by atoms with E-state index in [-0.39, 0.29) is 29.9 Å². The minimum Gasteiger partial charge on any atom is -0.339 e. The summed E-state index contributed by atoms with van der Waals surface area (Å²) in [5, 5.41) is 4.12. The van der Waals surface area contributed by atoms with Crippen molar-refractivity contribution in [3.05, 3.63) is 71.8 Å². The first kappa shape index (κ1) is 23.3. The molecule has 0 bridgehead atoms. The zero-order chi connectivity index (χ0) is 23.2. The molecule has 0 unspecified atom stereocenters. The molecule has 0 atom stereocenters. The molecule has 1 aliphatic rings. The van der Waals surface area contributed by atoms with Gasteiger partial charge in [-0.15, -0.1) is 0 Å². The second-order valence-corrected chi connectivity index (χ2v) is 8.94. The van der Waals surface area contributed by atoms with Crippen molar-refractivity contribution in [2.75, 3.05) is 43.8 Å². The van der Waals surface area contributed by atoms with Crippen molar-refractivity contribution >= 4 is 40.9 Å². The van der Waals surface area contributed by atoms with E-state index in [1.807, 2.05) is 44.8 Å². The number of hydrogen-bond donors (Lipinski definition) is 1. The van der Waals surface area contributed by atoms with Crippen molar-refractivity contribution in [3.63, 3.8) is 0 Å². The quantitative estimate of drug-likeness (QED) is 0.516. The number of carbonyl (C=O) groups excluding carboxylic acids is 2. The molecule has 172 valence electrons. The molecule has 33 heavy (non-hydrogen) atoms. The van der Waals surface area contributed by atoms with Crippen LogP contribution in [0.4, 0.5) is 10.1 Å². The summed E-state index contributed by atoms with van der Waals surface area (Å²) in [6.07, 6.45) is 3.54. The molecular formula is C23H23ClFN5O2S. The monoisotopic (exact) mass is 487 g/mol. The minimum atomic E-state index is -0.347. The lowest BCUT2D eigenvalue weighted by Gasteiger charge is -2.34. The van der Waals surface area contributed by atoms with E-state index in [0.717, 1.165) is 10.8 Å². The molecule has 3 aromatic rings. The average Bonchev–Trinajstić information content (AvgIpc) is 3.28. The van der Waals surface area contributed by atoms with E-state index in [4.69, 9.17) is 11.6 Å². The molecule has 1 aliphatic heterocycles. The van der Waals surface area contributed by atoms with Crippen LogP contribution in [0.25, 0.3) is 5.69 Å². The van der Waals surface area contributed by atoms with Crippen LogP contribution in [0.5, 0.6) is 0 Å². The van der Waals surface area contributed by atoms with Crippen LogP contribution in [0, 0.1) is 5.82 Å². The van der Waals surface area contributed by atoms with Gasteiger partial charge >= 0.3 is 0 Å². The van der Waals surface area contributed by atoms with Crippen LogP contribution in [0.1, 0.15) is 0 Å². The number of nitrogens with zero attached hydrogens (tertiary/aromatic N) is 4. The highest BCUT2D eigenvalue weighted by Gasteiger charge is 2.23. The predicted molar refractivity (Wildman–Crippen MR) is 127 cm³/mol. The predicted octanol–water partition coefficient (Wildman–Crippen LogP) is 3.54. The summed E-state index contributed by atoms with van der Waals surface area (Å²) < 4.78 is 14.9. The zero-order valence-corrected chi connectivity index (χ0v) is 19.4. The number of hydrogen-bond acceptors (Lipinski definition) is 5. The van der Waals surface area contributed by atoms with Crippen molar-refractivity contribution < 1.29 is 14.0 Å². The molecule has 7 nitrogen and oxygen atoms in total. The molecule has 1 fully saturated rings. The molecule has 2 heterocycles. The summed E-state index contributed by atoms with van der Waals surface area (Å²) in [6.45, 7) is 2.58. The Balaban J connectivity index is 1.23. The van der Waals surface area contributed by atoms with Crippen molar-refractivity contribution in [2.45, 2.75) is 5.16 Å². The molecule has 0 spiro atoms. The van der Waals surface area contributed by atoms with Gasteiger partial charge in [0.25, 0.3) is 0 Å². The van der Waals surface area contributed by atoms with Crippen molar-refractivity contribution in [2.24, 2.45) is 0 Å². The molecule has 1 N–H and O–H groups in total. The average molecular weight is 488 g/mol. The molecule has 1 saturated heterocycles. The summed E-state index contributed by atoms with van der Waals surface area (Å²) in [5.41, 5.74) is 1.45. The van der Waals surface area contributed by atoms with Crippen LogP contribution < -0.4 is 5.32 Å². The molecule has 0 saturated carbocycles. The number of piperazine rings is 1. The Morgan fingerprint density at radius 1 is 1.09 bits per heavy atom. The Kier molecular flexibility index (Phi) is 7.64. The summed E-state index contributed by atoms with van der Waals surface area (Å²) in [6, 6.07) is 13.1. The van der Waals surface area contributed by atoms with Gasteiger partial charge in [0.15, 0.2) is 5.16 Å². The van der Waals surface area contributed by atoms with E-state index in [1.165, 1.54) is 36.0 Å². The number of amides is 2. The SMILES string of the molecule is O=C(CN1CCN(C(=O)CSc2nccn2-c2cccc(Cl)c2)CC1)Nc1ccc(F)cc1. The van der Waals surface area contributed by atoms with E-state index in [1.54, 1.807) is 6.20 Å². The topological polar surface area (TPSA) is 70.5 Å². The lowest BCUT2D eigenvalue weighted by Crippen LogP contribution is -2.50. The van der Waals surface area contributed by atoms with Crippen LogP contribution in [-0.2, 0) is 9.59 Å². The van der Waals surface area contributed by atoms with Gasteiger partial charge in [-0.3, -0.25) is 19.1 Å². The number of imidazole rings is 1. The Labute approximate surface area is 200 Å². The van der Waals surface area contributed by atoms with E-state index in [9.17, 15) is 14.0 Å². The lowest BCUT2D eigenvalue weighted by molar-refractivity contribution is -0.130. The van der Waals surface area contributed by atoms with Gasteiger partial charge in [-0.05, 0) is 42.5 Å². The van der Waals surface area contributed by atoms with Gasteiger partial charge in [0.05, 0.1) is 12.3 Å². The van der Waals surface area contributed by atoms with Crippen molar-refractivity contribution in [3.8, 4) is 5.69 Å². The largest absolute Gasteiger partial charge is 0.339 e. The van der Waals surface area contributed by atoms with Gasteiger partial charge in [0.2, 0.25) is 11.8 Å². The minimum absolute atomic E-state index is 0.0380. The van der Waals surface area contributed by atoms with Gasteiger partial charge in [-0.25, -0.2) is 9.37 Å². The third-order valence-electron chi connectivity index (χ3n) is 5.24. The standard InChI is InChI=1S/C23H23ClFN5O2S/c24-17-2-1-3-20(14-17)30-9-8-26-23(30)33-16-22(32)29-12-10-28(11-13-29)15-21(31)27-19-6-4-18(25)5-7-19/h1-9,14H,10-13,15-16H2,(H,27,31). The number of benzene rings is 2. The van der Waals surface area contributed by atoms with Crippen LogP contribution in [-0.4, -0.2) is 69.6 Å². The molecule has 4 rings (SSSR count). The van der Waals surface area contributed by atoms with E-state index in [2.05, 4.69) is 10.3 Å². The maximum Gasteiger partial charge on any atom is 0.238 e. The first-order chi connectivity index (χ1) is 16.0. The summed E-state index contributed by atoms with van der Waals surface area (Å²) >= 11 is 7.47.